The highest BCUT2D eigenvalue weighted by atomic mass is 32.1. The maximum atomic E-state index is 12.6. The van der Waals surface area contributed by atoms with Crippen molar-refractivity contribution in [2.75, 3.05) is 13.1 Å². The molecule has 21 heavy (non-hydrogen) atoms. The molecular formula is C15H19N3O2S. The average Bonchev–Trinajstić information content (AvgIpc) is 3.12. The van der Waals surface area contributed by atoms with E-state index >= 15 is 0 Å². The summed E-state index contributed by atoms with van der Waals surface area (Å²) in [6.07, 6.45) is 4.04. The summed E-state index contributed by atoms with van der Waals surface area (Å²) >= 11 is 1.40. The Kier molecular flexibility index (Phi) is 5.37. The first kappa shape index (κ1) is 15.5. The van der Waals surface area contributed by atoms with E-state index in [-0.39, 0.29) is 25.0 Å². The summed E-state index contributed by atoms with van der Waals surface area (Å²) in [5.74, 6) is 5.05. The zero-order valence-electron chi connectivity index (χ0n) is 11.8. The van der Waals surface area contributed by atoms with Crippen molar-refractivity contribution in [1.29, 1.82) is 0 Å². The normalized spacial score (nSPS) is 14.5. The van der Waals surface area contributed by atoms with Gasteiger partial charge in [-0.3, -0.25) is 9.59 Å². The zero-order chi connectivity index (χ0) is 15.2. The number of hydrogen-bond donors (Lipinski definition) is 2. The van der Waals surface area contributed by atoms with Gasteiger partial charge in [0.2, 0.25) is 5.91 Å². The van der Waals surface area contributed by atoms with E-state index in [1.54, 1.807) is 16.3 Å². The molecule has 2 amide bonds. The highest BCUT2D eigenvalue weighted by Gasteiger charge is 2.28. The van der Waals surface area contributed by atoms with Crippen molar-refractivity contribution >= 4 is 23.2 Å². The van der Waals surface area contributed by atoms with E-state index in [2.05, 4.69) is 11.8 Å². The fourth-order valence-corrected chi connectivity index (χ4v) is 3.32. The van der Waals surface area contributed by atoms with Gasteiger partial charge in [-0.05, 0) is 18.9 Å². The molecular weight excluding hydrogens is 286 g/mol. The molecule has 0 bridgehead atoms. The molecule has 0 aliphatic heterocycles. The predicted molar refractivity (Wildman–Crippen MR) is 82.7 cm³/mol. The summed E-state index contributed by atoms with van der Waals surface area (Å²) in [5, 5.41) is 1.77. The Morgan fingerprint density at radius 3 is 2.71 bits per heavy atom. The number of rotatable bonds is 4. The Balaban J connectivity index is 2.16. The lowest BCUT2D eigenvalue weighted by atomic mass is 10.1. The second-order valence-corrected chi connectivity index (χ2v) is 5.95. The highest BCUT2D eigenvalue weighted by Crippen LogP contribution is 2.25. The van der Waals surface area contributed by atoms with Crippen LogP contribution in [-0.4, -0.2) is 35.8 Å². The molecule has 4 N–H and O–H groups in total. The monoisotopic (exact) mass is 305 g/mol. The molecule has 0 unspecified atom stereocenters. The number of primary amides is 1. The summed E-state index contributed by atoms with van der Waals surface area (Å²) in [7, 11) is 0. The largest absolute Gasteiger partial charge is 0.368 e. The minimum Gasteiger partial charge on any atom is -0.368 e. The summed E-state index contributed by atoms with van der Waals surface area (Å²) < 4.78 is 0. The van der Waals surface area contributed by atoms with Gasteiger partial charge in [-0.25, -0.2) is 0 Å². The molecule has 0 atom stereocenters. The van der Waals surface area contributed by atoms with Crippen molar-refractivity contribution in [3.63, 3.8) is 0 Å². The van der Waals surface area contributed by atoms with Crippen LogP contribution in [0.25, 0.3) is 0 Å². The van der Waals surface area contributed by atoms with Crippen molar-refractivity contribution in [3.05, 3.63) is 21.9 Å². The number of amides is 2. The summed E-state index contributed by atoms with van der Waals surface area (Å²) in [6, 6.07) is 1.86. The van der Waals surface area contributed by atoms with E-state index in [1.165, 1.54) is 11.3 Å². The lowest BCUT2D eigenvalue weighted by molar-refractivity contribution is -0.119. The van der Waals surface area contributed by atoms with Gasteiger partial charge in [0.25, 0.3) is 5.91 Å². The molecule has 1 aromatic heterocycles. The second kappa shape index (κ2) is 7.25. The molecule has 1 aliphatic carbocycles. The lowest BCUT2D eigenvalue weighted by Crippen LogP contribution is -2.44. The van der Waals surface area contributed by atoms with Crippen LogP contribution in [0.2, 0.25) is 0 Å². The molecule has 1 saturated carbocycles. The van der Waals surface area contributed by atoms with Crippen LogP contribution in [0, 0.1) is 11.8 Å². The number of nitrogens with two attached hydrogens (primary N) is 2. The van der Waals surface area contributed by atoms with Crippen LogP contribution < -0.4 is 11.5 Å². The first-order chi connectivity index (χ1) is 10.1. The maximum absolute atomic E-state index is 12.6. The first-order valence-corrected chi connectivity index (χ1v) is 7.86. The van der Waals surface area contributed by atoms with Gasteiger partial charge in [0.15, 0.2) is 0 Å². The summed E-state index contributed by atoms with van der Waals surface area (Å²) in [6.45, 7) is 0.264. The SMILES string of the molecule is NCC#Cc1cc(C(=O)N(CC(N)=O)C2CCCC2)cs1. The van der Waals surface area contributed by atoms with Gasteiger partial charge in [-0.1, -0.05) is 24.7 Å². The van der Waals surface area contributed by atoms with E-state index in [4.69, 9.17) is 11.5 Å². The van der Waals surface area contributed by atoms with Crippen molar-refractivity contribution in [1.82, 2.24) is 4.90 Å². The van der Waals surface area contributed by atoms with Gasteiger partial charge >= 0.3 is 0 Å². The molecule has 1 aliphatic rings. The molecule has 0 saturated heterocycles. The lowest BCUT2D eigenvalue weighted by Gasteiger charge is -2.27. The fourth-order valence-electron chi connectivity index (χ4n) is 2.57. The molecule has 0 radical (unpaired) electrons. The topological polar surface area (TPSA) is 89.4 Å². The highest BCUT2D eigenvalue weighted by molar-refractivity contribution is 7.10. The third-order valence-corrected chi connectivity index (χ3v) is 4.36. The Bertz CT molecular complexity index is 579. The molecule has 5 nitrogen and oxygen atoms in total. The van der Waals surface area contributed by atoms with E-state index < -0.39 is 5.91 Å². The standard InChI is InChI=1S/C15H19N3O2S/c16-7-3-6-13-8-11(10-21-13)15(20)18(9-14(17)19)12-4-1-2-5-12/h8,10,12H,1-2,4-5,7,9,16H2,(H2,17,19). The van der Waals surface area contributed by atoms with Gasteiger partial charge < -0.3 is 16.4 Å². The Labute approximate surface area is 128 Å². The molecule has 1 aromatic rings. The van der Waals surface area contributed by atoms with Gasteiger partial charge in [-0.15, -0.1) is 11.3 Å². The minimum atomic E-state index is -0.478. The molecule has 6 heteroatoms. The summed E-state index contributed by atoms with van der Waals surface area (Å²) in [5.41, 5.74) is 11.2. The Morgan fingerprint density at radius 1 is 1.38 bits per heavy atom. The van der Waals surface area contributed by atoms with Crippen molar-refractivity contribution in [2.45, 2.75) is 31.7 Å². The van der Waals surface area contributed by atoms with Crippen LogP contribution in [0.3, 0.4) is 0 Å². The van der Waals surface area contributed by atoms with Crippen LogP contribution >= 0.6 is 11.3 Å². The van der Waals surface area contributed by atoms with E-state index in [1.807, 2.05) is 0 Å². The van der Waals surface area contributed by atoms with Crippen molar-refractivity contribution < 1.29 is 9.59 Å². The first-order valence-electron chi connectivity index (χ1n) is 6.98. The Morgan fingerprint density at radius 2 is 2.10 bits per heavy atom. The number of nitrogens with zero attached hydrogens (tertiary/aromatic N) is 1. The second-order valence-electron chi connectivity index (χ2n) is 5.04. The summed E-state index contributed by atoms with van der Waals surface area (Å²) in [4.78, 5) is 26.3. The smallest absolute Gasteiger partial charge is 0.255 e. The van der Waals surface area contributed by atoms with Gasteiger partial charge in [0, 0.05) is 11.4 Å². The predicted octanol–water partition coefficient (Wildman–Crippen LogP) is 0.928. The zero-order valence-corrected chi connectivity index (χ0v) is 12.6. The number of carbonyl (C=O) groups is 2. The molecule has 0 aromatic carbocycles. The molecule has 0 spiro atoms. The van der Waals surface area contributed by atoms with Crippen LogP contribution in [0.4, 0.5) is 0 Å². The van der Waals surface area contributed by atoms with E-state index in [9.17, 15) is 9.59 Å². The van der Waals surface area contributed by atoms with Crippen LogP contribution in [0.5, 0.6) is 0 Å². The third kappa shape index (κ3) is 4.06. The minimum absolute atomic E-state index is 0.0246. The molecule has 1 heterocycles. The van der Waals surface area contributed by atoms with Crippen molar-refractivity contribution in [2.24, 2.45) is 11.5 Å². The number of hydrogen-bond acceptors (Lipinski definition) is 4. The fraction of sp³-hybridized carbons (Fsp3) is 0.467. The quantitative estimate of drug-likeness (QED) is 0.811. The maximum Gasteiger partial charge on any atom is 0.255 e. The third-order valence-electron chi connectivity index (χ3n) is 3.51. The van der Waals surface area contributed by atoms with Crippen molar-refractivity contribution in [3.8, 4) is 11.8 Å². The molecule has 112 valence electrons. The molecule has 1 fully saturated rings. The number of carbonyl (C=O) groups excluding carboxylic acids is 2. The molecule has 2 rings (SSSR count). The van der Waals surface area contributed by atoms with Gasteiger partial charge in [-0.2, -0.15) is 0 Å². The van der Waals surface area contributed by atoms with Crippen LogP contribution in [0.15, 0.2) is 11.4 Å². The van der Waals surface area contributed by atoms with Crippen LogP contribution in [0.1, 0.15) is 40.9 Å². The van der Waals surface area contributed by atoms with E-state index in [0.29, 0.717) is 5.56 Å². The average molecular weight is 305 g/mol. The van der Waals surface area contributed by atoms with E-state index in [0.717, 1.165) is 30.6 Å². The van der Waals surface area contributed by atoms with Crippen LogP contribution in [-0.2, 0) is 4.79 Å². The number of thiophene rings is 1. The van der Waals surface area contributed by atoms with Gasteiger partial charge in [0.1, 0.15) is 0 Å². The van der Waals surface area contributed by atoms with Gasteiger partial charge in [0.05, 0.1) is 23.5 Å². The Hall–Kier alpha value is -1.84.